The number of nitrogens with zero attached hydrogens (tertiary/aromatic N) is 1. The number of furan rings is 1. The molecule has 2 aromatic rings. The van der Waals surface area contributed by atoms with Crippen LogP contribution in [0, 0.1) is 0 Å². The Hall–Kier alpha value is -2.54. The Bertz CT molecular complexity index is 807. The van der Waals surface area contributed by atoms with Crippen molar-refractivity contribution < 1.29 is 18.7 Å². The van der Waals surface area contributed by atoms with Crippen molar-refractivity contribution in [1.82, 2.24) is 10.3 Å². The minimum Gasteiger partial charge on any atom is -0.501 e. The molecule has 0 unspecified atom stereocenters. The highest BCUT2D eigenvalue weighted by atomic mass is 16.5. The first kappa shape index (κ1) is 19.2. The van der Waals surface area contributed by atoms with E-state index in [1.165, 1.54) is 7.11 Å². The number of ether oxygens (including phenoxy) is 2. The molecule has 2 aromatic heterocycles. The summed E-state index contributed by atoms with van der Waals surface area (Å²) in [4.78, 5) is 16.5. The van der Waals surface area contributed by atoms with Crippen molar-refractivity contribution in [3.05, 3.63) is 29.8 Å². The number of carbonyl (C=O) groups excluding carboxylic acids is 1. The first-order valence-electron chi connectivity index (χ1n) is 9.39. The average Bonchev–Trinajstić information content (AvgIpc) is 3.06. The number of pyridine rings is 1. The van der Waals surface area contributed by atoms with E-state index in [0.717, 1.165) is 36.9 Å². The van der Waals surface area contributed by atoms with E-state index in [2.05, 4.69) is 15.6 Å². The molecule has 7 nitrogen and oxygen atoms in total. The monoisotopic (exact) mass is 373 g/mol. The topological polar surface area (TPSA) is 85.6 Å². The molecule has 0 radical (unpaired) electrons. The van der Waals surface area contributed by atoms with Gasteiger partial charge in [0.15, 0.2) is 5.58 Å². The number of rotatable bonds is 7. The highest BCUT2D eigenvalue weighted by Crippen LogP contribution is 2.30. The molecule has 1 aliphatic carbocycles. The van der Waals surface area contributed by atoms with Crippen LogP contribution >= 0.6 is 0 Å². The summed E-state index contributed by atoms with van der Waals surface area (Å²) in [5.74, 6) is 0.401. The van der Waals surface area contributed by atoms with E-state index in [1.807, 2.05) is 20.0 Å². The molecule has 1 fully saturated rings. The number of methoxy groups -OCH3 is 1. The summed E-state index contributed by atoms with van der Waals surface area (Å²) >= 11 is 0. The number of hydrogen-bond donors (Lipinski definition) is 2. The van der Waals surface area contributed by atoms with Crippen LogP contribution < -0.4 is 10.6 Å². The lowest BCUT2D eigenvalue weighted by atomic mass is 9.91. The third-order valence-electron chi connectivity index (χ3n) is 4.97. The highest BCUT2D eigenvalue weighted by molar-refractivity contribution is 6.00. The van der Waals surface area contributed by atoms with Gasteiger partial charge >= 0.3 is 5.97 Å². The Morgan fingerprint density at radius 3 is 2.74 bits per heavy atom. The Kier molecular flexibility index (Phi) is 6.34. The molecule has 7 heteroatoms. The van der Waals surface area contributed by atoms with Crippen LogP contribution in [0.3, 0.4) is 0 Å². The lowest BCUT2D eigenvalue weighted by molar-refractivity contribution is 0.0567. The van der Waals surface area contributed by atoms with Crippen LogP contribution in [0.4, 0.5) is 5.82 Å². The normalized spacial score (nSPS) is 20.1. The van der Waals surface area contributed by atoms with Gasteiger partial charge in [-0.25, -0.2) is 9.78 Å². The van der Waals surface area contributed by atoms with Crippen molar-refractivity contribution in [2.75, 3.05) is 26.1 Å². The SMILES string of the molecule is CCO/C=C/c1c(C(=O)OC)oc2cnc(NC3CCC(NC)CC3)cc12. The zero-order valence-corrected chi connectivity index (χ0v) is 16.1. The van der Waals surface area contributed by atoms with Gasteiger partial charge in [-0.05, 0) is 51.8 Å². The Labute approximate surface area is 159 Å². The van der Waals surface area contributed by atoms with Gasteiger partial charge in [-0.15, -0.1) is 0 Å². The molecule has 0 aliphatic heterocycles. The number of carbonyl (C=O) groups is 1. The van der Waals surface area contributed by atoms with Gasteiger partial charge in [-0.2, -0.15) is 0 Å². The number of aromatic nitrogens is 1. The number of anilines is 1. The first-order valence-corrected chi connectivity index (χ1v) is 9.39. The standard InChI is InChI=1S/C20H27N3O4/c1-4-26-10-9-15-16-11-18(23-14-7-5-13(21-2)6-8-14)22-12-17(16)27-19(15)20(24)25-3/h9-14,21H,4-8H2,1-3H3,(H,22,23)/b10-9+. The van der Waals surface area contributed by atoms with E-state index < -0.39 is 5.97 Å². The molecule has 2 N–H and O–H groups in total. The molecule has 27 heavy (non-hydrogen) atoms. The van der Waals surface area contributed by atoms with Crippen molar-refractivity contribution in [3.8, 4) is 0 Å². The van der Waals surface area contributed by atoms with E-state index in [-0.39, 0.29) is 5.76 Å². The van der Waals surface area contributed by atoms with E-state index in [9.17, 15) is 4.79 Å². The summed E-state index contributed by atoms with van der Waals surface area (Å²) in [5, 5.41) is 7.66. The number of hydrogen-bond acceptors (Lipinski definition) is 7. The Morgan fingerprint density at radius 2 is 2.07 bits per heavy atom. The molecule has 0 amide bonds. The molecule has 1 saturated carbocycles. The van der Waals surface area contributed by atoms with Gasteiger partial charge in [0.2, 0.25) is 5.76 Å². The van der Waals surface area contributed by atoms with Gasteiger partial charge in [0.25, 0.3) is 0 Å². The molecular formula is C20H27N3O4. The number of nitrogens with one attached hydrogen (secondary N) is 2. The highest BCUT2D eigenvalue weighted by Gasteiger charge is 2.22. The third kappa shape index (κ3) is 4.42. The van der Waals surface area contributed by atoms with Crippen molar-refractivity contribution in [3.63, 3.8) is 0 Å². The van der Waals surface area contributed by atoms with Crippen LogP contribution in [0.2, 0.25) is 0 Å². The molecule has 3 rings (SSSR count). The van der Waals surface area contributed by atoms with Gasteiger partial charge in [0, 0.05) is 23.0 Å². The second-order valence-electron chi connectivity index (χ2n) is 6.64. The maximum atomic E-state index is 12.1. The second-order valence-corrected chi connectivity index (χ2v) is 6.64. The van der Waals surface area contributed by atoms with E-state index >= 15 is 0 Å². The van der Waals surface area contributed by atoms with Gasteiger partial charge in [0.05, 0.1) is 26.2 Å². The molecule has 0 aromatic carbocycles. The first-order chi connectivity index (χ1) is 13.2. The fourth-order valence-electron chi connectivity index (χ4n) is 3.46. The zero-order chi connectivity index (χ0) is 19.2. The second kappa shape index (κ2) is 8.90. The van der Waals surface area contributed by atoms with Crippen molar-refractivity contribution >= 4 is 28.8 Å². The minimum atomic E-state index is -0.526. The smallest absolute Gasteiger partial charge is 0.374 e. The zero-order valence-electron chi connectivity index (χ0n) is 16.1. The lowest BCUT2D eigenvalue weighted by Gasteiger charge is -2.29. The van der Waals surface area contributed by atoms with Gasteiger partial charge in [0.1, 0.15) is 5.82 Å². The van der Waals surface area contributed by atoms with Gasteiger partial charge < -0.3 is 24.5 Å². The molecule has 0 saturated heterocycles. The molecule has 146 valence electrons. The van der Waals surface area contributed by atoms with E-state index in [4.69, 9.17) is 13.9 Å². The fourth-order valence-corrected chi connectivity index (χ4v) is 3.46. The molecular weight excluding hydrogens is 346 g/mol. The van der Waals surface area contributed by atoms with Crippen LogP contribution in [0.1, 0.15) is 48.7 Å². The summed E-state index contributed by atoms with van der Waals surface area (Å²) in [6.45, 7) is 2.44. The molecule has 0 spiro atoms. The summed E-state index contributed by atoms with van der Waals surface area (Å²) in [5.41, 5.74) is 1.17. The van der Waals surface area contributed by atoms with E-state index in [1.54, 1.807) is 18.5 Å². The number of fused-ring (bicyclic) bond motifs is 1. The summed E-state index contributed by atoms with van der Waals surface area (Å²) in [6.07, 6.45) is 9.42. The Morgan fingerprint density at radius 1 is 1.33 bits per heavy atom. The van der Waals surface area contributed by atoms with Crippen molar-refractivity contribution in [1.29, 1.82) is 0 Å². The van der Waals surface area contributed by atoms with Crippen LogP contribution in [0.15, 0.2) is 22.9 Å². The summed E-state index contributed by atoms with van der Waals surface area (Å²) in [6, 6.07) is 2.92. The van der Waals surface area contributed by atoms with Crippen molar-refractivity contribution in [2.45, 2.75) is 44.7 Å². The summed E-state index contributed by atoms with van der Waals surface area (Å²) in [7, 11) is 3.35. The molecule has 1 aliphatic rings. The predicted octanol–water partition coefficient (Wildman–Crippen LogP) is 3.56. The maximum Gasteiger partial charge on any atom is 0.374 e. The summed E-state index contributed by atoms with van der Waals surface area (Å²) < 4.78 is 15.8. The van der Waals surface area contributed by atoms with E-state index in [0.29, 0.717) is 29.8 Å². The molecule has 0 atom stereocenters. The maximum absolute atomic E-state index is 12.1. The Balaban J connectivity index is 1.86. The van der Waals surface area contributed by atoms with Crippen molar-refractivity contribution in [2.24, 2.45) is 0 Å². The fraction of sp³-hybridized carbons (Fsp3) is 0.500. The van der Waals surface area contributed by atoms with Crippen LogP contribution in [-0.4, -0.2) is 43.8 Å². The van der Waals surface area contributed by atoms with Gasteiger partial charge in [-0.1, -0.05) is 0 Å². The third-order valence-corrected chi connectivity index (χ3v) is 4.97. The number of esters is 1. The quantitative estimate of drug-likeness (QED) is 0.567. The largest absolute Gasteiger partial charge is 0.501 e. The molecule has 0 bridgehead atoms. The van der Waals surface area contributed by atoms with Crippen LogP contribution in [0.25, 0.3) is 17.0 Å². The predicted molar refractivity (Wildman–Crippen MR) is 105 cm³/mol. The van der Waals surface area contributed by atoms with Crippen LogP contribution in [-0.2, 0) is 9.47 Å². The minimum absolute atomic E-state index is 0.150. The van der Waals surface area contributed by atoms with Gasteiger partial charge in [-0.3, -0.25) is 0 Å². The lowest BCUT2D eigenvalue weighted by Crippen LogP contribution is -2.35. The molecule has 2 heterocycles. The average molecular weight is 373 g/mol. The van der Waals surface area contributed by atoms with Crippen LogP contribution in [0.5, 0.6) is 0 Å².